The number of fused-ring (bicyclic) bond motifs is 2. The van der Waals surface area contributed by atoms with Crippen LogP contribution in [0.3, 0.4) is 0 Å². The zero-order chi connectivity index (χ0) is 20.0. The van der Waals surface area contributed by atoms with E-state index < -0.39 is 41.0 Å². The smallest absolute Gasteiger partial charge is 0.305 e. The molecule has 1 unspecified atom stereocenters. The van der Waals surface area contributed by atoms with Crippen LogP contribution in [-0.4, -0.2) is 27.2 Å². The third-order valence-electron chi connectivity index (χ3n) is 4.15. The molecule has 1 aromatic heterocycles. The molecule has 4 rings (SSSR count). The molecule has 2 aromatic carbocycles. The number of carbonyl (C=O) groups is 2. The summed E-state index contributed by atoms with van der Waals surface area (Å²) >= 11 is 2.13. The van der Waals surface area contributed by atoms with Gasteiger partial charge in [-0.05, 0) is 18.2 Å². The largest absolute Gasteiger partial charge is 0.481 e. The third-order valence-corrected chi connectivity index (χ3v) is 6.41. The van der Waals surface area contributed by atoms with Gasteiger partial charge in [-0.1, -0.05) is 0 Å². The molecule has 0 bridgehead atoms. The number of carbonyl (C=O) groups excluding carboxylic acids is 1. The average molecular weight is 424 g/mol. The van der Waals surface area contributed by atoms with Gasteiger partial charge in [-0.15, -0.1) is 23.1 Å². The zero-order valence-electron chi connectivity index (χ0n) is 14.0. The minimum absolute atomic E-state index is 0.0610. The van der Waals surface area contributed by atoms with Crippen molar-refractivity contribution in [2.75, 3.05) is 4.90 Å². The lowest BCUT2D eigenvalue weighted by Gasteiger charge is -2.32. The Morgan fingerprint density at radius 1 is 1.18 bits per heavy atom. The van der Waals surface area contributed by atoms with Crippen molar-refractivity contribution < 1.29 is 27.9 Å². The molecule has 3 aromatic rings. The molecule has 0 radical (unpaired) electrons. The summed E-state index contributed by atoms with van der Waals surface area (Å²) in [5.41, 5.74) is 0.576. The van der Waals surface area contributed by atoms with E-state index in [1.54, 1.807) is 6.07 Å². The highest BCUT2D eigenvalue weighted by Crippen LogP contribution is 2.42. The standard InChI is InChI=1S/C18H11F3N2O3S2/c19-8-1-2-13-11(3-8)22-16(28-13)7-23-12-4-9(20)10(21)5-14(12)27-15(18(23)26)6-17(24)25/h1-5,15H,6-7H2,(H,24,25). The fraction of sp³-hybridized carbons (Fsp3) is 0.167. The molecule has 10 heteroatoms. The number of aliphatic carboxylic acids is 1. The number of aromatic nitrogens is 1. The van der Waals surface area contributed by atoms with E-state index in [4.69, 9.17) is 5.11 Å². The van der Waals surface area contributed by atoms with Crippen molar-refractivity contribution in [2.24, 2.45) is 0 Å². The van der Waals surface area contributed by atoms with Crippen molar-refractivity contribution in [3.05, 3.63) is 52.8 Å². The van der Waals surface area contributed by atoms with Gasteiger partial charge in [0.05, 0.1) is 34.1 Å². The van der Waals surface area contributed by atoms with Gasteiger partial charge in [0.1, 0.15) is 10.8 Å². The van der Waals surface area contributed by atoms with Gasteiger partial charge in [-0.2, -0.15) is 0 Å². The summed E-state index contributed by atoms with van der Waals surface area (Å²) in [4.78, 5) is 29.7. The first kappa shape index (κ1) is 18.8. The Morgan fingerprint density at radius 2 is 1.93 bits per heavy atom. The van der Waals surface area contributed by atoms with Crippen LogP contribution >= 0.6 is 23.1 Å². The highest BCUT2D eigenvalue weighted by Gasteiger charge is 2.36. The Morgan fingerprint density at radius 3 is 2.68 bits per heavy atom. The first-order chi connectivity index (χ1) is 13.3. The zero-order valence-corrected chi connectivity index (χ0v) is 15.6. The van der Waals surface area contributed by atoms with Crippen LogP contribution in [0.1, 0.15) is 11.4 Å². The molecule has 28 heavy (non-hydrogen) atoms. The molecule has 0 fully saturated rings. The Labute approximate surface area is 164 Å². The number of amides is 1. The molecule has 1 atom stereocenters. The van der Waals surface area contributed by atoms with Gasteiger partial charge in [0, 0.05) is 17.0 Å². The maximum Gasteiger partial charge on any atom is 0.305 e. The average Bonchev–Trinajstić information content (AvgIpc) is 3.01. The van der Waals surface area contributed by atoms with Crippen molar-refractivity contribution in [3.63, 3.8) is 0 Å². The van der Waals surface area contributed by atoms with E-state index in [0.29, 0.717) is 15.2 Å². The summed E-state index contributed by atoms with van der Waals surface area (Å²) < 4.78 is 41.6. The Balaban J connectivity index is 1.75. The molecule has 5 nitrogen and oxygen atoms in total. The van der Waals surface area contributed by atoms with Crippen LogP contribution in [0.2, 0.25) is 0 Å². The van der Waals surface area contributed by atoms with Crippen LogP contribution in [0, 0.1) is 17.5 Å². The van der Waals surface area contributed by atoms with Crippen LogP contribution in [0.5, 0.6) is 0 Å². The van der Waals surface area contributed by atoms with Gasteiger partial charge in [0.25, 0.3) is 0 Å². The number of nitrogens with zero attached hydrogens (tertiary/aromatic N) is 2. The normalized spacial score (nSPS) is 16.5. The predicted molar refractivity (Wildman–Crippen MR) is 99.0 cm³/mol. The van der Waals surface area contributed by atoms with E-state index >= 15 is 0 Å². The van der Waals surface area contributed by atoms with Crippen LogP contribution in [0.25, 0.3) is 10.2 Å². The number of thiazole rings is 1. The summed E-state index contributed by atoms with van der Waals surface area (Å²) in [6, 6.07) is 6.00. The maximum absolute atomic E-state index is 13.8. The number of hydrogen-bond donors (Lipinski definition) is 1. The molecular weight excluding hydrogens is 413 g/mol. The monoisotopic (exact) mass is 424 g/mol. The highest BCUT2D eigenvalue weighted by molar-refractivity contribution is 8.01. The van der Waals surface area contributed by atoms with E-state index in [-0.39, 0.29) is 17.1 Å². The van der Waals surface area contributed by atoms with E-state index in [1.807, 2.05) is 0 Å². The lowest BCUT2D eigenvalue weighted by atomic mass is 10.2. The third kappa shape index (κ3) is 3.45. The first-order valence-corrected chi connectivity index (χ1v) is 9.75. The molecule has 2 heterocycles. The van der Waals surface area contributed by atoms with Crippen LogP contribution in [-0.2, 0) is 16.1 Å². The summed E-state index contributed by atoms with van der Waals surface area (Å²) in [5.74, 6) is -4.34. The number of hydrogen-bond acceptors (Lipinski definition) is 5. The molecule has 0 spiro atoms. The van der Waals surface area contributed by atoms with Crippen molar-refractivity contribution in [3.8, 4) is 0 Å². The SMILES string of the molecule is O=C(O)CC1Sc2cc(F)c(F)cc2N(Cc2nc3cc(F)ccc3s2)C1=O. The summed E-state index contributed by atoms with van der Waals surface area (Å²) in [5, 5.41) is 8.56. The van der Waals surface area contributed by atoms with Gasteiger partial charge in [-0.25, -0.2) is 18.2 Å². The van der Waals surface area contributed by atoms with Crippen LogP contribution in [0.15, 0.2) is 35.2 Å². The second-order valence-electron chi connectivity index (χ2n) is 6.08. The number of anilines is 1. The maximum atomic E-state index is 13.8. The number of carboxylic acids is 1. The minimum Gasteiger partial charge on any atom is -0.481 e. The fourth-order valence-electron chi connectivity index (χ4n) is 2.92. The Bertz CT molecular complexity index is 1120. The Hall–Kier alpha value is -2.59. The molecular formula is C18H11F3N2O3S2. The molecule has 1 N–H and O–H groups in total. The number of thioether (sulfide) groups is 1. The van der Waals surface area contributed by atoms with Crippen molar-refractivity contribution in [2.45, 2.75) is 23.1 Å². The molecule has 1 aliphatic rings. The summed E-state index contributed by atoms with van der Waals surface area (Å²) in [7, 11) is 0. The topological polar surface area (TPSA) is 70.5 Å². The number of benzene rings is 2. The van der Waals surface area contributed by atoms with Crippen molar-refractivity contribution in [1.82, 2.24) is 4.98 Å². The number of rotatable bonds is 4. The first-order valence-electron chi connectivity index (χ1n) is 8.05. The van der Waals surface area contributed by atoms with E-state index in [2.05, 4.69) is 4.98 Å². The molecule has 144 valence electrons. The molecule has 0 saturated heterocycles. The lowest BCUT2D eigenvalue weighted by Crippen LogP contribution is -2.41. The van der Waals surface area contributed by atoms with E-state index in [9.17, 15) is 22.8 Å². The van der Waals surface area contributed by atoms with Crippen molar-refractivity contribution >= 4 is 50.9 Å². The lowest BCUT2D eigenvalue weighted by molar-refractivity contribution is -0.138. The molecule has 0 saturated carbocycles. The number of carboxylic acid groups (broad SMARTS) is 1. The van der Waals surface area contributed by atoms with Gasteiger partial charge in [0.15, 0.2) is 11.6 Å². The van der Waals surface area contributed by atoms with E-state index in [1.165, 1.54) is 28.4 Å². The highest BCUT2D eigenvalue weighted by atomic mass is 32.2. The van der Waals surface area contributed by atoms with Gasteiger partial charge < -0.3 is 10.0 Å². The van der Waals surface area contributed by atoms with Gasteiger partial charge >= 0.3 is 5.97 Å². The van der Waals surface area contributed by atoms with Gasteiger partial charge in [-0.3, -0.25) is 9.59 Å². The van der Waals surface area contributed by atoms with Crippen LogP contribution in [0.4, 0.5) is 18.9 Å². The summed E-state index contributed by atoms with van der Waals surface area (Å²) in [6.45, 7) is -0.0610. The molecule has 0 aliphatic carbocycles. The second-order valence-corrected chi connectivity index (χ2v) is 8.44. The molecule has 1 amide bonds. The van der Waals surface area contributed by atoms with Crippen LogP contribution < -0.4 is 4.90 Å². The number of halogens is 3. The molecule has 1 aliphatic heterocycles. The van der Waals surface area contributed by atoms with Crippen molar-refractivity contribution in [1.29, 1.82) is 0 Å². The minimum atomic E-state index is -1.17. The Kier molecular flexibility index (Phi) is 4.76. The second kappa shape index (κ2) is 7.10. The van der Waals surface area contributed by atoms with Gasteiger partial charge in [0.2, 0.25) is 5.91 Å². The summed E-state index contributed by atoms with van der Waals surface area (Å²) in [6.07, 6.45) is -0.455. The quantitative estimate of drug-likeness (QED) is 0.680. The fourth-order valence-corrected chi connectivity index (χ4v) is 5.08. The van der Waals surface area contributed by atoms with E-state index in [0.717, 1.165) is 23.9 Å². The predicted octanol–water partition coefficient (Wildman–Crippen LogP) is 4.20.